The number of hydrogen-bond donors (Lipinski definition) is 0. The highest BCUT2D eigenvalue weighted by molar-refractivity contribution is 6.38. The average molecular weight is 541 g/mol. The van der Waals surface area contributed by atoms with Crippen LogP contribution in [-0.2, 0) is 6.54 Å². The molecule has 38 heavy (non-hydrogen) atoms. The maximum atomic E-state index is 6.63. The lowest BCUT2D eigenvalue weighted by atomic mass is 10.0. The molecular formula is C34H33Cl2N2+. The monoisotopic (exact) mass is 539 g/mol. The van der Waals surface area contributed by atoms with E-state index in [1.165, 1.54) is 49.6 Å². The quantitative estimate of drug-likeness (QED) is 0.173. The predicted molar refractivity (Wildman–Crippen MR) is 166 cm³/mol. The van der Waals surface area contributed by atoms with Crippen LogP contribution >= 0.6 is 23.2 Å². The molecule has 1 aromatic heterocycles. The van der Waals surface area contributed by atoms with Crippen molar-refractivity contribution in [2.24, 2.45) is 0 Å². The van der Waals surface area contributed by atoms with Crippen molar-refractivity contribution in [3.05, 3.63) is 93.3 Å². The van der Waals surface area contributed by atoms with Gasteiger partial charge in [-0.2, -0.15) is 4.58 Å². The number of allylic oxidation sites excluding steroid dienone is 2. The number of nitrogens with zero attached hydrogens (tertiary/aromatic N) is 2. The number of benzene rings is 4. The standard InChI is InChI=1S/C34H33Cl2N2/c1-4-6-18-37-29-16-14-27(35)23-10-8-12-25(33(23)29)31(37)20-22(3)21-32-26-13-9-11-24-28(36)15-17-30(34(24)26)38(32)19-7-5-2/h8-17,20-21H,4-7,18-19H2,1-3H3/q+1. The van der Waals surface area contributed by atoms with E-state index in [4.69, 9.17) is 23.2 Å². The summed E-state index contributed by atoms with van der Waals surface area (Å²) in [5, 5.41) is 8.93. The van der Waals surface area contributed by atoms with Crippen LogP contribution in [0.3, 0.4) is 0 Å². The summed E-state index contributed by atoms with van der Waals surface area (Å²) < 4.78 is 4.97. The highest BCUT2D eigenvalue weighted by Crippen LogP contribution is 2.39. The van der Waals surface area contributed by atoms with E-state index in [9.17, 15) is 0 Å². The summed E-state index contributed by atoms with van der Waals surface area (Å²) in [6.07, 6.45) is 9.30. The molecule has 0 aliphatic carbocycles. The van der Waals surface area contributed by atoms with Gasteiger partial charge in [0.05, 0.1) is 10.9 Å². The van der Waals surface area contributed by atoms with Gasteiger partial charge in [-0.05, 0) is 49.3 Å². The van der Waals surface area contributed by atoms with E-state index < -0.39 is 0 Å². The number of hydrogen-bond acceptors (Lipinski definition) is 0. The molecule has 5 aromatic rings. The summed E-state index contributed by atoms with van der Waals surface area (Å²) in [6.45, 7) is 8.71. The highest BCUT2D eigenvalue weighted by Gasteiger charge is 2.31. The summed E-state index contributed by atoms with van der Waals surface area (Å²) in [5.74, 6) is 0. The van der Waals surface area contributed by atoms with Gasteiger partial charge < -0.3 is 4.57 Å². The first-order valence-corrected chi connectivity index (χ1v) is 14.5. The molecule has 1 aliphatic rings. The van der Waals surface area contributed by atoms with Gasteiger partial charge in [-0.3, -0.25) is 0 Å². The molecule has 0 bridgehead atoms. The zero-order valence-electron chi connectivity index (χ0n) is 22.3. The maximum absolute atomic E-state index is 6.63. The van der Waals surface area contributed by atoms with E-state index in [1.807, 2.05) is 12.1 Å². The zero-order chi connectivity index (χ0) is 26.4. The molecule has 0 saturated heterocycles. The van der Waals surface area contributed by atoms with Crippen molar-refractivity contribution in [2.45, 2.75) is 53.0 Å². The van der Waals surface area contributed by atoms with Gasteiger partial charge in [0, 0.05) is 67.6 Å². The molecular weight excluding hydrogens is 507 g/mol. The summed E-state index contributed by atoms with van der Waals surface area (Å²) in [7, 11) is 0. The molecule has 1 aliphatic heterocycles. The van der Waals surface area contributed by atoms with E-state index in [-0.39, 0.29) is 0 Å². The van der Waals surface area contributed by atoms with Crippen LogP contribution in [0.1, 0.15) is 52.0 Å². The molecule has 0 saturated carbocycles. The first kappa shape index (κ1) is 25.2. The second-order valence-electron chi connectivity index (χ2n) is 10.4. The smallest absolute Gasteiger partial charge is 0.214 e. The maximum Gasteiger partial charge on any atom is 0.214 e. The van der Waals surface area contributed by atoms with E-state index in [2.05, 4.69) is 90.6 Å². The first-order valence-electron chi connectivity index (χ1n) is 13.8. The molecule has 0 unspecified atom stereocenters. The molecule has 0 spiro atoms. The molecule has 0 atom stereocenters. The molecule has 4 aromatic carbocycles. The Kier molecular flexibility index (Phi) is 6.80. The fourth-order valence-electron chi connectivity index (χ4n) is 6.03. The first-order chi connectivity index (χ1) is 18.5. The lowest BCUT2D eigenvalue weighted by Gasteiger charge is -2.06. The Morgan fingerprint density at radius 2 is 1.50 bits per heavy atom. The van der Waals surface area contributed by atoms with Gasteiger partial charge in [0.2, 0.25) is 11.4 Å². The molecule has 192 valence electrons. The van der Waals surface area contributed by atoms with Crippen LogP contribution in [-0.4, -0.2) is 21.4 Å². The van der Waals surface area contributed by atoms with Crippen molar-refractivity contribution >= 4 is 73.1 Å². The summed E-state index contributed by atoms with van der Waals surface area (Å²) in [5.41, 5.74) is 6.27. The molecule has 6 rings (SSSR count). The zero-order valence-corrected chi connectivity index (χ0v) is 23.8. The van der Waals surface area contributed by atoms with E-state index >= 15 is 0 Å². The van der Waals surface area contributed by atoms with Crippen LogP contribution in [0.5, 0.6) is 0 Å². The fourth-order valence-corrected chi connectivity index (χ4v) is 6.47. The third-order valence-electron chi connectivity index (χ3n) is 7.85. The SMILES string of the molecule is CCCCn1/c(=C/C(C)=C/C2=[N+](CCCC)c3ccc(Cl)c4cccc2c34)c2cccc3c(Cl)ccc1c32. The van der Waals surface area contributed by atoms with Gasteiger partial charge in [0.25, 0.3) is 0 Å². The van der Waals surface area contributed by atoms with Crippen molar-refractivity contribution in [1.29, 1.82) is 0 Å². The topological polar surface area (TPSA) is 7.94 Å². The van der Waals surface area contributed by atoms with Gasteiger partial charge in [-0.1, -0.05) is 80.2 Å². The Labute approximate surface area is 234 Å². The largest absolute Gasteiger partial charge is 0.340 e. The molecule has 0 fully saturated rings. The second kappa shape index (κ2) is 10.2. The van der Waals surface area contributed by atoms with Crippen LogP contribution in [0.2, 0.25) is 10.0 Å². The van der Waals surface area contributed by atoms with E-state index in [0.717, 1.165) is 59.6 Å². The molecule has 0 N–H and O–H groups in total. The van der Waals surface area contributed by atoms with Crippen LogP contribution in [0.15, 0.2) is 72.3 Å². The van der Waals surface area contributed by atoms with E-state index in [1.54, 1.807) is 0 Å². The number of unbranched alkanes of at least 4 members (excludes halogenated alkanes) is 2. The number of aromatic nitrogens is 1. The number of aryl methyl sites for hydroxylation is 1. The minimum atomic E-state index is 0.812. The third kappa shape index (κ3) is 4.06. The van der Waals surface area contributed by atoms with Crippen LogP contribution in [0, 0.1) is 0 Å². The van der Waals surface area contributed by atoms with E-state index in [0.29, 0.717) is 0 Å². The Morgan fingerprint density at radius 3 is 2.26 bits per heavy atom. The third-order valence-corrected chi connectivity index (χ3v) is 8.50. The highest BCUT2D eigenvalue weighted by atomic mass is 35.5. The van der Waals surface area contributed by atoms with Gasteiger partial charge in [-0.25, -0.2) is 0 Å². The molecule has 4 heteroatoms. The minimum absolute atomic E-state index is 0.812. The number of halogens is 2. The Bertz CT molecular complexity index is 1820. The van der Waals surface area contributed by atoms with Crippen LogP contribution < -0.4 is 5.35 Å². The Morgan fingerprint density at radius 1 is 0.816 bits per heavy atom. The predicted octanol–water partition coefficient (Wildman–Crippen LogP) is 9.45. The fraction of sp³-hybridized carbons (Fsp3) is 0.265. The molecule has 0 amide bonds. The number of rotatable bonds is 8. The molecule has 0 radical (unpaired) electrons. The summed E-state index contributed by atoms with van der Waals surface area (Å²) in [4.78, 5) is 0. The van der Waals surface area contributed by atoms with Crippen molar-refractivity contribution in [3.63, 3.8) is 0 Å². The van der Waals surface area contributed by atoms with Gasteiger partial charge in [0.15, 0.2) is 0 Å². The molecule has 2 nitrogen and oxygen atoms in total. The van der Waals surface area contributed by atoms with Gasteiger partial charge in [-0.15, -0.1) is 0 Å². The average Bonchev–Trinajstić information content (AvgIpc) is 3.39. The normalized spacial score (nSPS) is 14.2. The summed E-state index contributed by atoms with van der Waals surface area (Å²) >= 11 is 13.3. The van der Waals surface area contributed by atoms with Crippen molar-refractivity contribution in [2.75, 3.05) is 6.54 Å². The lowest BCUT2D eigenvalue weighted by Crippen LogP contribution is -2.17. The van der Waals surface area contributed by atoms with Crippen LogP contribution in [0.4, 0.5) is 5.69 Å². The molecule has 2 heterocycles. The van der Waals surface area contributed by atoms with Crippen molar-refractivity contribution in [3.8, 4) is 0 Å². The van der Waals surface area contributed by atoms with Crippen molar-refractivity contribution < 1.29 is 4.58 Å². The Balaban J connectivity index is 1.58. The van der Waals surface area contributed by atoms with Crippen LogP contribution in [0.25, 0.3) is 38.5 Å². The second-order valence-corrected chi connectivity index (χ2v) is 11.2. The summed E-state index contributed by atoms with van der Waals surface area (Å²) in [6, 6.07) is 21.4. The van der Waals surface area contributed by atoms with Crippen molar-refractivity contribution in [1.82, 2.24) is 4.57 Å². The minimum Gasteiger partial charge on any atom is -0.340 e. The van der Waals surface area contributed by atoms with Gasteiger partial charge in [0.1, 0.15) is 6.54 Å². The Hall–Kier alpha value is -3.07. The lowest BCUT2D eigenvalue weighted by molar-refractivity contribution is -0.436. The van der Waals surface area contributed by atoms with Gasteiger partial charge >= 0.3 is 0 Å².